The summed E-state index contributed by atoms with van der Waals surface area (Å²) in [5.41, 5.74) is 2.58. The van der Waals surface area contributed by atoms with E-state index in [1.807, 2.05) is 30.0 Å². The van der Waals surface area contributed by atoms with Gasteiger partial charge in [0.1, 0.15) is 0 Å². The maximum Gasteiger partial charge on any atom is 0.273 e. The number of hydrogen-bond acceptors (Lipinski definition) is 6. The normalized spacial score (nSPS) is 18.8. The van der Waals surface area contributed by atoms with E-state index in [0.29, 0.717) is 33.7 Å². The zero-order valence-corrected chi connectivity index (χ0v) is 17.6. The van der Waals surface area contributed by atoms with E-state index in [9.17, 15) is 20.2 Å². The number of thioether (sulfide) groups is 1. The number of hydrogen-bond donors (Lipinski definition) is 0. The third-order valence-corrected chi connectivity index (χ3v) is 6.88. The SMILES string of the molecule is Cc1ccc(N2CSC3=C(C#N)[C@H](c4ccccc4[N+](=O)[O-])CC(=O)N3C2)cc1Cl. The number of rotatable bonds is 3. The van der Waals surface area contributed by atoms with Gasteiger partial charge in [0, 0.05) is 34.7 Å². The molecule has 1 atom stereocenters. The Morgan fingerprint density at radius 1 is 1.30 bits per heavy atom. The van der Waals surface area contributed by atoms with E-state index in [2.05, 4.69) is 6.07 Å². The number of nitro groups is 1. The van der Waals surface area contributed by atoms with E-state index in [1.54, 1.807) is 23.1 Å². The van der Waals surface area contributed by atoms with Crippen LogP contribution in [0.15, 0.2) is 53.1 Å². The van der Waals surface area contributed by atoms with Crippen LogP contribution in [0.1, 0.15) is 23.5 Å². The van der Waals surface area contributed by atoms with Crippen LogP contribution in [0, 0.1) is 28.4 Å². The standard InChI is InChI=1S/C21H17ClN4O3S/c1-13-6-7-14(8-18(13)22)24-11-25-20(27)9-16(17(10-23)21(25)30-12-24)15-4-2-3-5-19(15)26(28)29/h2-8,16H,9,11-12H2,1H3/t16-/m0/s1. The van der Waals surface area contributed by atoms with Crippen LogP contribution < -0.4 is 4.90 Å². The van der Waals surface area contributed by atoms with Crippen molar-refractivity contribution in [3.05, 3.63) is 79.3 Å². The minimum atomic E-state index is -0.622. The van der Waals surface area contributed by atoms with E-state index in [0.717, 1.165) is 11.3 Å². The van der Waals surface area contributed by atoms with Crippen molar-refractivity contribution in [2.75, 3.05) is 17.4 Å². The molecule has 0 unspecified atom stereocenters. The van der Waals surface area contributed by atoms with Gasteiger partial charge in [0.2, 0.25) is 5.91 Å². The summed E-state index contributed by atoms with van der Waals surface area (Å²) >= 11 is 7.64. The predicted molar refractivity (Wildman–Crippen MR) is 116 cm³/mol. The molecular weight excluding hydrogens is 424 g/mol. The Bertz CT molecular complexity index is 1130. The number of fused-ring (bicyclic) bond motifs is 1. The summed E-state index contributed by atoms with van der Waals surface area (Å²) in [5.74, 6) is -0.251. The predicted octanol–water partition coefficient (Wildman–Crippen LogP) is 4.78. The number of anilines is 1. The molecule has 2 heterocycles. The number of amides is 1. The molecule has 0 N–H and O–H groups in total. The molecule has 7 nitrogen and oxygen atoms in total. The van der Waals surface area contributed by atoms with E-state index < -0.39 is 10.8 Å². The van der Waals surface area contributed by atoms with Crippen LogP contribution >= 0.6 is 23.4 Å². The minimum absolute atomic E-state index is 0.0142. The molecule has 2 aromatic rings. The average Bonchev–Trinajstić information content (AvgIpc) is 2.75. The Hall–Kier alpha value is -3.02. The molecule has 2 aromatic carbocycles. The monoisotopic (exact) mass is 440 g/mol. The maximum absolute atomic E-state index is 13.0. The van der Waals surface area contributed by atoms with Crippen molar-refractivity contribution < 1.29 is 9.72 Å². The molecule has 152 valence electrons. The second-order valence-electron chi connectivity index (χ2n) is 7.11. The zero-order chi connectivity index (χ0) is 21.4. The van der Waals surface area contributed by atoms with E-state index in [4.69, 9.17) is 11.6 Å². The molecule has 30 heavy (non-hydrogen) atoms. The molecule has 0 bridgehead atoms. The van der Waals surface area contributed by atoms with Crippen molar-refractivity contribution in [1.82, 2.24) is 4.90 Å². The van der Waals surface area contributed by atoms with Gasteiger partial charge in [-0.05, 0) is 24.6 Å². The number of nitrogens with zero attached hydrogens (tertiary/aromatic N) is 4. The number of benzene rings is 2. The van der Waals surface area contributed by atoms with Crippen molar-refractivity contribution >= 4 is 40.6 Å². The first-order valence-electron chi connectivity index (χ1n) is 9.22. The molecule has 1 saturated heterocycles. The minimum Gasteiger partial charge on any atom is -0.344 e. The van der Waals surface area contributed by atoms with Crippen LogP contribution in [0.5, 0.6) is 0 Å². The largest absolute Gasteiger partial charge is 0.344 e. The number of nitriles is 1. The van der Waals surface area contributed by atoms with Gasteiger partial charge in [-0.1, -0.05) is 47.6 Å². The lowest BCUT2D eigenvalue weighted by Gasteiger charge is -2.42. The van der Waals surface area contributed by atoms with Crippen LogP contribution in [0.25, 0.3) is 0 Å². The van der Waals surface area contributed by atoms with Crippen LogP contribution in [-0.2, 0) is 4.79 Å². The zero-order valence-electron chi connectivity index (χ0n) is 16.0. The van der Waals surface area contributed by atoms with Gasteiger partial charge in [0.25, 0.3) is 5.69 Å². The first kappa shape index (κ1) is 20.3. The van der Waals surface area contributed by atoms with Crippen molar-refractivity contribution in [2.45, 2.75) is 19.3 Å². The summed E-state index contributed by atoms with van der Waals surface area (Å²) in [6.45, 7) is 2.23. The van der Waals surface area contributed by atoms with E-state index >= 15 is 0 Å². The Morgan fingerprint density at radius 3 is 2.77 bits per heavy atom. The molecule has 9 heteroatoms. The summed E-state index contributed by atoms with van der Waals surface area (Å²) in [6, 6.07) is 14.3. The molecule has 1 fully saturated rings. The van der Waals surface area contributed by atoms with Crippen molar-refractivity contribution in [3.63, 3.8) is 0 Å². The highest BCUT2D eigenvalue weighted by Gasteiger charge is 2.40. The van der Waals surface area contributed by atoms with Crippen LogP contribution in [0.3, 0.4) is 0 Å². The second kappa shape index (κ2) is 8.01. The van der Waals surface area contributed by atoms with Gasteiger partial charge < -0.3 is 4.90 Å². The van der Waals surface area contributed by atoms with E-state index in [-0.39, 0.29) is 18.0 Å². The van der Waals surface area contributed by atoms with Crippen molar-refractivity contribution in [1.29, 1.82) is 5.26 Å². The van der Waals surface area contributed by atoms with Gasteiger partial charge in [0.15, 0.2) is 0 Å². The third kappa shape index (κ3) is 3.51. The summed E-state index contributed by atoms with van der Waals surface area (Å²) in [5, 5.41) is 22.6. The first-order valence-corrected chi connectivity index (χ1v) is 10.6. The van der Waals surface area contributed by atoms with Gasteiger partial charge in [0.05, 0.1) is 34.1 Å². The number of nitro benzene ring substituents is 1. The number of carbonyl (C=O) groups is 1. The fourth-order valence-electron chi connectivity index (χ4n) is 3.72. The highest BCUT2D eigenvalue weighted by atomic mass is 35.5. The quantitative estimate of drug-likeness (QED) is 0.504. The van der Waals surface area contributed by atoms with E-state index in [1.165, 1.54) is 17.8 Å². The lowest BCUT2D eigenvalue weighted by atomic mass is 9.85. The Labute approximate surface area is 182 Å². The van der Waals surface area contributed by atoms with Gasteiger partial charge >= 0.3 is 0 Å². The number of halogens is 1. The molecule has 2 aliphatic rings. The number of aryl methyl sites for hydroxylation is 1. The van der Waals surface area contributed by atoms with Crippen molar-refractivity contribution in [2.24, 2.45) is 0 Å². The summed E-state index contributed by atoms with van der Waals surface area (Å²) in [4.78, 5) is 27.6. The lowest BCUT2D eigenvalue weighted by Crippen LogP contribution is -2.47. The fraction of sp³-hybridized carbons (Fsp3) is 0.238. The lowest BCUT2D eigenvalue weighted by molar-refractivity contribution is -0.385. The summed E-state index contributed by atoms with van der Waals surface area (Å²) in [7, 11) is 0. The van der Waals surface area contributed by atoms with Gasteiger partial charge in [-0.25, -0.2) is 0 Å². The molecule has 4 rings (SSSR count). The summed E-state index contributed by atoms with van der Waals surface area (Å²) in [6.07, 6.45) is 0.0142. The van der Waals surface area contributed by atoms with Crippen molar-refractivity contribution in [3.8, 4) is 6.07 Å². The maximum atomic E-state index is 13.0. The summed E-state index contributed by atoms with van der Waals surface area (Å²) < 4.78 is 0. The third-order valence-electron chi connectivity index (χ3n) is 5.32. The topological polar surface area (TPSA) is 90.5 Å². The smallest absolute Gasteiger partial charge is 0.273 e. The van der Waals surface area contributed by atoms with Gasteiger partial charge in [-0.2, -0.15) is 5.26 Å². The molecule has 0 saturated carbocycles. The van der Waals surface area contributed by atoms with Gasteiger partial charge in [-0.3, -0.25) is 19.8 Å². The van der Waals surface area contributed by atoms with Crippen LogP contribution in [-0.4, -0.2) is 28.3 Å². The van der Waals surface area contributed by atoms with Crippen LogP contribution in [0.4, 0.5) is 11.4 Å². The first-order chi connectivity index (χ1) is 14.4. The molecular formula is C21H17ClN4O3S. The molecule has 0 aliphatic carbocycles. The molecule has 0 aromatic heterocycles. The highest BCUT2D eigenvalue weighted by molar-refractivity contribution is 8.03. The highest BCUT2D eigenvalue weighted by Crippen LogP contribution is 2.45. The second-order valence-corrected chi connectivity index (χ2v) is 8.45. The number of allylic oxidation sites excluding steroid dienone is 1. The number of para-hydroxylation sites is 1. The Kier molecular flexibility index (Phi) is 5.41. The number of carbonyl (C=O) groups excluding carboxylic acids is 1. The Morgan fingerprint density at radius 2 is 2.07 bits per heavy atom. The molecule has 2 aliphatic heterocycles. The Balaban J connectivity index is 1.70. The molecule has 1 amide bonds. The average molecular weight is 441 g/mol. The van der Waals surface area contributed by atoms with Gasteiger partial charge in [-0.15, -0.1) is 0 Å². The van der Waals surface area contributed by atoms with Crippen LogP contribution in [0.2, 0.25) is 5.02 Å². The fourth-order valence-corrected chi connectivity index (χ4v) is 5.06. The molecule has 0 radical (unpaired) electrons. The molecule has 0 spiro atoms.